The minimum Gasteiger partial charge on any atom is -0.468 e. The van der Waals surface area contributed by atoms with Gasteiger partial charge in [-0.1, -0.05) is 26.3 Å². The first-order chi connectivity index (χ1) is 9.63. The second kappa shape index (κ2) is 8.44. The summed E-state index contributed by atoms with van der Waals surface area (Å²) in [5, 5.41) is 0. The molecular weight excluding hydrogens is 276 g/mol. The Balaban J connectivity index is 5.20. The molecule has 0 atom stereocenters. The van der Waals surface area contributed by atoms with Crippen molar-refractivity contribution in [3.05, 3.63) is 11.6 Å². The minimum absolute atomic E-state index is 0.0942. The van der Waals surface area contributed by atoms with Crippen LogP contribution in [0.3, 0.4) is 0 Å². The molecule has 0 aliphatic carbocycles. The molecule has 0 amide bonds. The number of methoxy groups -OCH3 is 2. The maximum absolute atomic E-state index is 11.7. The number of hydrogen-bond acceptors (Lipinski definition) is 6. The lowest BCUT2D eigenvalue weighted by atomic mass is 9.81. The van der Waals surface area contributed by atoms with Gasteiger partial charge in [0.05, 0.1) is 14.2 Å². The number of carbonyl (C=O) groups is 3. The number of ether oxygens (including phenoxy) is 3. The van der Waals surface area contributed by atoms with Crippen LogP contribution in [0, 0.1) is 11.3 Å². The first-order valence-corrected chi connectivity index (χ1v) is 6.62. The Kier molecular flexibility index (Phi) is 7.70. The standard InChI is InChI=1S/C15H24O6/c1-10(16)21-8-7-11(15(2,3)4)9-12(13(17)19-5)14(18)20-6/h7,12H,8-9H2,1-6H3/b11-7+. The van der Waals surface area contributed by atoms with Gasteiger partial charge in [-0.25, -0.2) is 0 Å². The molecule has 0 unspecified atom stereocenters. The second-order valence-electron chi connectivity index (χ2n) is 5.58. The Morgan fingerprint density at radius 1 is 1.05 bits per heavy atom. The maximum atomic E-state index is 11.7. The summed E-state index contributed by atoms with van der Waals surface area (Å²) in [7, 11) is 2.44. The molecule has 0 heterocycles. The molecule has 0 saturated heterocycles. The number of hydrogen-bond donors (Lipinski definition) is 0. The van der Waals surface area contributed by atoms with Gasteiger partial charge in [-0.05, 0) is 17.9 Å². The highest BCUT2D eigenvalue weighted by Crippen LogP contribution is 2.31. The van der Waals surface area contributed by atoms with Crippen molar-refractivity contribution in [3.63, 3.8) is 0 Å². The Labute approximate surface area is 125 Å². The van der Waals surface area contributed by atoms with Gasteiger partial charge in [-0.2, -0.15) is 0 Å². The lowest BCUT2D eigenvalue weighted by Crippen LogP contribution is -2.29. The zero-order valence-electron chi connectivity index (χ0n) is 13.5. The summed E-state index contributed by atoms with van der Waals surface area (Å²) >= 11 is 0. The summed E-state index contributed by atoms with van der Waals surface area (Å²) in [5.74, 6) is -2.71. The van der Waals surface area contributed by atoms with E-state index in [1.165, 1.54) is 21.1 Å². The van der Waals surface area contributed by atoms with E-state index in [0.29, 0.717) is 0 Å². The minimum atomic E-state index is -1.03. The van der Waals surface area contributed by atoms with Crippen molar-refractivity contribution in [2.75, 3.05) is 20.8 Å². The monoisotopic (exact) mass is 300 g/mol. The Morgan fingerprint density at radius 2 is 1.52 bits per heavy atom. The molecular formula is C15H24O6. The summed E-state index contributed by atoms with van der Waals surface area (Å²) in [4.78, 5) is 34.2. The van der Waals surface area contributed by atoms with Crippen LogP contribution in [-0.2, 0) is 28.6 Å². The molecule has 6 nitrogen and oxygen atoms in total. The third-order valence-electron chi connectivity index (χ3n) is 2.98. The van der Waals surface area contributed by atoms with Crippen molar-refractivity contribution in [2.24, 2.45) is 11.3 Å². The van der Waals surface area contributed by atoms with Gasteiger partial charge in [0.2, 0.25) is 0 Å². The fraction of sp³-hybridized carbons (Fsp3) is 0.667. The SMILES string of the molecule is COC(=O)C(C/C(=C\COC(C)=O)C(C)(C)C)C(=O)OC. The van der Waals surface area contributed by atoms with Gasteiger partial charge >= 0.3 is 17.9 Å². The number of carbonyl (C=O) groups excluding carboxylic acids is 3. The van der Waals surface area contributed by atoms with Crippen molar-refractivity contribution in [2.45, 2.75) is 34.1 Å². The fourth-order valence-electron chi connectivity index (χ4n) is 1.72. The largest absolute Gasteiger partial charge is 0.468 e. The lowest BCUT2D eigenvalue weighted by Gasteiger charge is -2.25. The van der Waals surface area contributed by atoms with Gasteiger partial charge in [0.1, 0.15) is 6.61 Å². The average Bonchev–Trinajstić information content (AvgIpc) is 2.39. The predicted molar refractivity (Wildman–Crippen MR) is 76.3 cm³/mol. The summed E-state index contributed by atoms with van der Waals surface area (Å²) in [6.07, 6.45) is 1.87. The number of esters is 3. The van der Waals surface area contributed by atoms with E-state index in [4.69, 9.17) is 4.74 Å². The maximum Gasteiger partial charge on any atom is 0.320 e. The van der Waals surface area contributed by atoms with E-state index in [0.717, 1.165) is 5.57 Å². The summed E-state index contributed by atoms with van der Waals surface area (Å²) in [6, 6.07) is 0. The van der Waals surface area contributed by atoms with Crippen molar-refractivity contribution in [1.29, 1.82) is 0 Å². The molecule has 0 fully saturated rings. The molecule has 0 aliphatic heterocycles. The molecule has 0 rings (SSSR count). The molecule has 21 heavy (non-hydrogen) atoms. The molecule has 0 spiro atoms. The molecule has 0 radical (unpaired) electrons. The molecule has 0 aliphatic rings. The third kappa shape index (κ3) is 6.92. The van der Waals surface area contributed by atoms with Crippen molar-refractivity contribution < 1.29 is 28.6 Å². The lowest BCUT2D eigenvalue weighted by molar-refractivity contribution is -0.158. The van der Waals surface area contributed by atoms with Crippen molar-refractivity contribution in [3.8, 4) is 0 Å². The summed E-state index contributed by atoms with van der Waals surface area (Å²) in [5.41, 5.74) is 0.519. The molecule has 0 aromatic carbocycles. The van der Waals surface area contributed by atoms with Crippen LogP contribution in [0.1, 0.15) is 34.1 Å². The molecule has 0 bridgehead atoms. The highest BCUT2D eigenvalue weighted by Gasteiger charge is 2.32. The van der Waals surface area contributed by atoms with Crippen LogP contribution in [0.15, 0.2) is 11.6 Å². The Bertz CT molecular complexity index is 400. The third-order valence-corrected chi connectivity index (χ3v) is 2.98. The quantitative estimate of drug-likeness (QED) is 0.322. The van der Waals surface area contributed by atoms with Crippen LogP contribution >= 0.6 is 0 Å². The number of rotatable bonds is 6. The van der Waals surface area contributed by atoms with Gasteiger partial charge in [-0.3, -0.25) is 14.4 Å². The van der Waals surface area contributed by atoms with Gasteiger partial charge < -0.3 is 14.2 Å². The highest BCUT2D eigenvalue weighted by atomic mass is 16.5. The van der Waals surface area contributed by atoms with E-state index in [9.17, 15) is 14.4 Å². The van der Waals surface area contributed by atoms with Crippen LogP contribution in [0.25, 0.3) is 0 Å². The van der Waals surface area contributed by atoms with Gasteiger partial charge in [0, 0.05) is 6.92 Å². The van der Waals surface area contributed by atoms with Gasteiger partial charge in [0.25, 0.3) is 0 Å². The molecule has 0 aromatic heterocycles. The second-order valence-corrected chi connectivity index (χ2v) is 5.58. The van der Waals surface area contributed by atoms with Crippen LogP contribution < -0.4 is 0 Å². The van der Waals surface area contributed by atoms with Gasteiger partial charge in [0.15, 0.2) is 5.92 Å². The average molecular weight is 300 g/mol. The van der Waals surface area contributed by atoms with Crippen molar-refractivity contribution >= 4 is 17.9 Å². The van der Waals surface area contributed by atoms with Crippen LogP contribution in [-0.4, -0.2) is 38.7 Å². The number of allylic oxidation sites excluding steroid dienone is 1. The Morgan fingerprint density at radius 3 is 1.86 bits per heavy atom. The first-order valence-electron chi connectivity index (χ1n) is 6.62. The van der Waals surface area contributed by atoms with Gasteiger partial charge in [-0.15, -0.1) is 0 Å². The van der Waals surface area contributed by atoms with E-state index in [1.807, 2.05) is 20.8 Å². The van der Waals surface area contributed by atoms with Crippen molar-refractivity contribution in [1.82, 2.24) is 0 Å². The molecule has 0 N–H and O–H groups in total. The fourth-order valence-corrected chi connectivity index (χ4v) is 1.72. The molecule has 0 aromatic rings. The zero-order valence-corrected chi connectivity index (χ0v) is 13.5. The van der Waals surface area contributed by atoms with Crippen LogP contribution in [0.2, 0.25) is 0 Å². The summed E-state index contributed by atoms with van der Waals surface area (Å²) < 4.78 is 14.2. The Hall–Kier alpha value is -1.85. The van der Waals surface area contributed by atoms with E-state index in [2.05, 4.69) is 9.47 Å². The molecule has 0 saturated carbocycles. The van der Waals surface area contributed by atoms with Crippen LogP contribution in [0.5, 0.6) is 0 Å². The zero-order chi connectivity index (χ0) is 16.6. The van der Waals surface area contributed by atoms with E-state index >= 15 is 0 Å². The summed E-state index contributed by atoms with van der Waals surface area (Å²) in [6.45, 7) is 7.24. The topological polar surface area (TPSA) is 78.9 Å². The van der Waals surface area contributed by atoms with E-state index in [1.54, 1.807) is 6.08 Å². The first kappa shape index (κ1) is 19.1. The normalized spacial score (nSPS) is 12.0. The van der Waals surface area contributed by atoms with E-state index < -0.39 is 23.8 Å². The molecule has 120 valence electrons. The highest BCUT2D eigenvalue weighted by molar-refractivity contribution is 5.95. The molecule has 6 heteroatoms. The smallest absolute Gasteiger partial charge is 0.320 e. The van der Waals surface area contributed by atoms with Crippen LogP contribution in [0.4, 0.5) is 0 Å². The predicted octanol–water partition coefficient (Wildman–Crippen LogP) is 1.87. The van der Waals surface area contributed by atoms with E-state index in [-0.39, 0.29) is 18.4 Å².